The first-order chi connectivity index (χ1) is 8.58. The second-order valence-corrected chi connectivity index (χ2v) is 4.19. The Balaban J connectivity index is 2.24. The van der Waals surface area contributed by atoms with Crippen LogP contribution in [-0.4, -0.2) is 10.9 Å². The molecule has 0 aliphatic carbocycles. The summed E-state index contributed by atoms with van der Waals surface area (Å²) < 4.78 is 13.3. The first-order valence-electron chi connectivity index (χ1n) is 5.26. The van der Waals surface area contributed by atoms with E-state index in [-0.39, 0.29) is 5.56 Å². The van der Waals surface area contributed by atoms with Crippen molar-refractivity contribution in [3.8, 4) is 0 Å². The fourth-order valence-electron chi connectivity index (χ4n) is 1.47. The highest BCUT2D eigenvalue weighted by molar-refractivity contribution is 6.34. The fourth-order valence-corrected chi connectivity index (χ4v) is 1.75. The van der Waals surface area contributed by atoms with Gasteiger partial charge in [-0.15, -0.1) is 0 Å². The molecule has 1 N–H and O–H groups in total. The van der Waals surface area contributed by atoms with Crippen molar-refractivity contribution in [2.24, 2.45) is 0 Å². The summed E-state index contributed by atoms with van der Waals surface area (Å²) in [4.78, 5) is 15.2. The standard InChI is InChI=1S/C13H10ClFN2O/c1-8-4-5-11(10(14)7-8)17-13(18)9-3-2-6-16-12(9)15/h2-7H,1H3,(H,17,18). The monoisotopic (exact) mass is 264 g/mol. The minimum Gasteiger partial charge on any atom is -0.320 e. The molecule has 0 spiro atoms. The topological polar surface area (TPSA) is 42.0 Å². The molecule has 2 rings (SSSR count). The van der Waals surface area contributed by atoms with Crippen LogP contribution >= 0.6 is 11.6 Å². The van der Waals surface area contributed by atoms with Crippen molar-refractivity contribution < 1.29 is 9.18 Å². The molecule has 0 atom stereocenters. The van der Waals surface area contributed by atoms with Gasteiger partial charge in [-0.1, -0.05) is 17.7 Å². The van der Waals surface area contributed by atoms with Crippen molar-refractivity contribution >= 4 is 23.2 Å². The summed E-state index contributed by atoms with van der Waals surface area (Å²) in [7, 11) is 0. The number of hydrogen-bond acceptors (Lipinski definition) is 2. The van der Waals surface area contributed by atoms with Crippen LogP contribution in [0.3, 0.4) is 0 Å². The molecule has 5 heteroatoms. The van der Waals surface area contributed by atoms with Crippen molar-refractivity contribution in [1.29, 1.82) is 0 Å². The van der Waals surface area contributed by atoms with Crippen molar-refractivity contribution in [3.63, 3.8) is 0 Å². The molecular weight excluding hydrogens is 255 g/mol. The molecule has 1 amide bonds. The van der Waals surface area contributed by atoms with Gasteiger partial charge < -0.3 is 5.32 Å². The van der Waals surface area contributed by atoms with Gasteiger partial charge in [0.1, 0.15) is 0 Å². The number of pyridine rings is 1. The number of rotatable bonds is 2. The number of aromatic nitrogens is 1. The Hall–Kier alpha value is -1.94. The zero-order valence-electron chi connectivity index (χ0n) is 9.58. The molecule has 1 heterocycles. The van der Waals surface area contributed by atoms with Gasteiger partial charge in [-0.05, 0) is 36.8 Å². The lowest BCUT2D eigenvalue weighted by Crippen LogP contribution is -2.14. The number of anilines is 1. The van der Waals surface area contributed by atoms with Gasteiger partial charge in [0.25, 0.3) is 5.91 Å². The van der Waals surface area contributed by atoms with Crippen LogP contribution in [-0.2, 0) is 0 Å². The SMILES string of the molecule is Cc1ccc(NC(=O)c2cccnc2F)c(Cl)c1. The van der Waals surface area contributed by atoms with E-state index in [1.54, 1.807) is 18.2 Å². The predicted molar refractivity (Wildman–Crippen MR) is 68.3 cm³/mol. The number of benzene rings is 1. The highest BCUT2D eigenvalue weighted by atomic mass is 35.5. The minimum atomic E-state index is -0.807. The third-order valence-electron chi connectivity index (χ3n) is 2.38. The first-order valence-corrected chi connectivity index (χ1v) is 5.64. The maximum atomic E-state index is 13.3. The summed E-state index contributed by atoms with van der Waals surface area (Å²) in [6, 6.07) is 8.05. The molecule has 0 bridgehead atoms. The van der Waals surface area contributed by atoms with Crippen molar-refractivity contribution in [3.05, 3.63) is 58.6 Å². The number of amides is 1. The predicted octanol–water partition coefficient (Wildman–Crippen LogP) is 3.43. The summed E-state index contributed by atoms with van der Waals surface area (Å²) in [6.07, 6.45) is 1.28. The Morgan fingerprint density at radius 1 is 1.39 bits per heavy atom. The Bertz CT molecular complexity index is 601. The Morgan fingerprint density at radius 2 is 2.17 bits per heavy atom. The molecule has 0 aliphatic rings. The number of aryl methyl sites for hydroxylation is 1. The average Bonchev–Trinajstić information content (AvgIpc) is 2.33. The van der Waals surface area contributed by atoms with Gasteiger partial charge in [0.2, 0.25) is 5.95 Å². The molecule has 1 aromatic carbocycles. The van der Waals surface area contributed by atoms with Crippen LogP contribution in [0.15, 0.2) is 36.5 Å². The van der Waals surface area contributed by atoms with Gasteiger partial charge in [-0.3, -0.25) is 4.79 Å². The maximum Gasteiger partial charge on any atom is 0.260 e. The van der Waals surface area contributed by atoms with Crippen LogP contribution in [0.5, 0.6) is 0 Å². The van der Waals surface area contributed by atoms with E-state index in [1.807, 2.05) is 6.92 Å². The molecule has 2 aromatic rings. The normalized spacial score (nSPS) is 10.2. The molecule has 1 aromatic heterocycles. The number of nitrogens with one attached hydrogen (secondary N) is 1. The van der Waals surface area contributed by atoms with Crippen molar-refractivity contribution in [2.45, 2.75) is 6.92 Å². The lowest BCUT2D eigenvalue weighted by Gasteiger charge is -2.08. The summed E-state index contributed by atoms with van der Waals surface area (Å²) in [5.41, 5.74) is 1.30. The lowest BCUT2D eigenvalue weighted by molar-refractivity contribution is 0.102. The van der Waals surface area contributed by atoms with Crippen LogP contribution < -0.4 is 5.32 Å². The van der Waals surface area contributed by atoms with E-state index in [4.69, 9.17) is 11.6 Å². The molecule has 92 valence electrons. The molecule has 3 nitrogen and oxygen atoms in total. The van der Waals surface area contributed by atoms with Gasteiger partial charge in [0.15, 0.2) is 0 Å². The smallest absolute Gasteiger partial charge is 0.260 e. The van der Waals surface area contributed by atoms with Crippen LogP contribution in [0.25, 0.3) is 0 Å². The number of hydrogen-bond donors (Lipinski definition) is 1. The largest absolute Gasteiger partial charge is 0.320 e. The minimum absolute atomic E-state index is 0.117. The molecular formula is C13H10ClFN2O. The number of nitrogens with zero attached hydrogens (tertiary/aromatic N) is 1. The second kappa shape index (κ2) is 5.14. The molecule has 0 fully saturated rings. The van der Waals surface area contributed by atoms with Crippen LogP contribution in [0.2, 0.25) is 5.02 Å². The highest BCUT2D eigenvalue weighted by Gasteiger charge is 2.13. The van der Waals surface area contributed by atoms with E-state index >= 15 is 0 Å². The highest BCUT2D eigenvalue weighted by Crippen LogP contribution is 2.23. The average molecular weight is 265 g/mol. The van der Waals surface area contributed by atoms with Crippen LogP contribution in [0, 0.1) is 12.9 Å². The number of carbonyl (C=O) groups excluding carboxylic acids is 1. The fraction of sp³-hybridized carbons (Fsp3) is 0.0769. The molecule has 0 unspecified atom stereocenters. The number of halogens is 2. The summed E-state index contributed by atoms with van der Waals surface area (Å²) in [6.45, 7) is 1.89. The molecule has 0 radical (unpaired) electrons. The third kappa shape index (κ3) is 2.65. The van der Waals surface area contributed by atoms with E-state index in [2.05, 4.69) is 10.3 Å². The third-order valence-corrected chi connectivity index (χ3v) is 2.69. The zero-order chi connectivity index (χ0) is 13.1. The molecule has 18 heavy (non-hydrogen) atoms. The van der Waals surface area contributed by atoms with E-state index in [0.29, 0.717) is 10.7 Å². The quantitative estimate of drug-likeness (QED) is 0.845. The zero-order valence-corrected chi connectivity index (χ0v) is 10.3. The Morgan fingerprint density at radius 3 is 2.83 bits per heavy atom. The van der Waals surface area contributed by atoms with Gasteiger partial charge in [0.05, 0.1) is 16.3 Å². The van der Waals surface area contributed by atoms with E-state index in [1.165, 1.54) is 18.3 Å². The lowest BCUT2D eigenvalue weighted by atomic mass is 10.2. The van der Waals surface area contributed by atoms with Gasteiger partial charge >= 0.3 is 0 Å². The van der Waals surface area contributed by atoms with Crippen LogP contribution in [0.1, 0.15) is 15.9 Å². The number of carbonyl (C=O) groups is 1. The maximum absolute atomic E-state index is 13.3. The summed E-state index contributed by atoms with van der Waals surface area (Å²) >= 11 is 5.98. The molecule has 0 saturated carbocycles. The van der Waals surface area contributed by atoms with Crippen molar-refractivity contribution in [1.82, 2.24) is 4.98 Å². The van der Waals surface area contributed by atoms with E-state index in [9.17, 15) is 9.18 Å². The van der Waals surface area contributed by atoms with Crippen molar-refractivity contribution in [2.75, 3.05) is 5.32 Å². The first kappa shape index (κ1) is 12.5. The van der Waals surface area contributed by atoms with Gasteiger partial charge in [-0.25, -0.2) is 4.98 Å². The summed E-state index contributed by atoms with van der Waals surface area (Å²) in [5, 5.41) is 2.95. The molecule has 0 aliphatic heterocycles. The van der Waals surface area contributed by atoms with Gasteiger partial charge in [0, 0.05) is 6.20 Å². The van der Waals surface area contributed by atoms with E-state index in [0.717, 1.165) is 5.56 Å². The second-order valence-electron chi connectivity index (χ2n) is 3.78. The summed E-state index contributed by atoms with van der Waals surface area (Å²) in [5.74, 6) is -1.38. The van der Waals surface area contributed by atoms with Gasteiger partial charge in [-0.2, -0.15) is 4.39 Å². The Kier molecular flexibility index (Phi) is 3.58. The molecule has 0 saturated heterocycles. The van der Waals surface area contributed by atoms with Crippen LogP contribution in [0.4, 0.5) is 10.1 Å². The van der Waals surface area contributed by atoms with E-state index < -0.39 is 11.9 Å². The Labute approximate surface area is 109 Å².